The molecule has 0 aliphatic heterocycles. The Hall–Kier alpha value is -2.49. The molecule has 0 radical (unpaired) electrons. The Labute approximate surface area is 193 Å². The van der Waals surface area contributed by atoms with E-state index < -0.39 is 11.8 Å². The monoisotopic (exact) mass is 438 g/mol. The van der Waals surface area contributed by atoms with Crippen LogP contribution in [0.15, 0.2) is 47.7 Å². The van der Waals surface area contributed by atoms with E-state index in [2.05, 4.69) is 13.8 Å². The zero-order valence-electron chi connectivity index (χ0n) is 19.8. The number of Topliss-reactive ketones (excluding diaryl/α,β-unsaturated/α-hetero) is 2. The zero-order valence-corrected chi connectivity index (χ0v) is 19.8. The molecule has 0 saturated carbocycles. The van der Waals surface area contributed by atoms with E-state index in [0.29, 0.717) is 17.5 Å². The van der Waals surface area contributed by atoms with Gasteiger partial charge in [-0.1, -0.05) is 108 Å². The molecule has 32 heavy (non-hydrogen) atoms. The van der Waals surface area contributed by atoms with Gasteiger partial charge >= 0.3 is 5.97 Å². The molecule has 1 aliphatic rings. The average Bonchev–Trinajstić information content (AvgIpc) is 2.80. The molecule has 1 aromatic carbocycles. The van der Waals surface area contributed by atoms with Gasteiger partial charge in [-0.2, -0.15) is 0 Å². The number of hydrogen-bond acceptors (Lipinski definition) is 4. The first-order chi connectivity index (χ1) is 15.6. The molecule has 1 aromatic rings. The van der Waals surface area contributed by atoms with Gasteiger partial charge in [-0.25, -0.2) is 0 Å². The van der Waals surface area contributed by atoms with Crippen LogP contribution in [0.25, 0.3) is 0 Å². The average molecular weight is 439 g/mol. The summed E-state index contributed by atoms with van der Waals surface area (Å²) in [4.78, 5) is 38.3. The van der Waals surface area contributed by atoms with Gasteiger partial charge in [0.05, 0.1) is 5.57 Å². The summed E-state index contributed by atoms with van der Waals surface area (Å²) in [5.41, 5.74) is 0.862. The normalized spacial score (nSPS) is 13.7. The maximum Gasteiger partial charge on any atom is 0.311 e. The first-order valence-corrected chi connectivity index (χ1v) is 12.4. The molecule has 0 bridgehead atoms. The number of unbranched alkanes of at least 4 members (excludes halogenated alkanes) is 10. The lowest BCUT2D eigenvalue weighted by Gasteiger charge is -2.18. The van der Waals surface area contributed by atoms with E-state index in [1.165, 1.54) is 38.5 Å². The molecule has 0 saturated heterocycles. The van der Waals surface area contributed by atoms with Crippen molar-refractivity contribution >= 4 is 17.5 Å². The van der Waals surface area contributed by atoms with Crippen molar-refractivity contribution in [2.75, 3.05) is 0 Å². The number of allylic oxidation sites excluding steroid dienone is 4. The van der Waals surface area contributed by atoms with Crippen LogP contribution in [0.3, 0.4) is 0 Å². The molecular formula is C28H38O4. The maximum atomic E-state index is 13.1. The van der Waals surface area contributed by atoms with Gasteiger partial charge in [-0.15, -0.1) is 0 Å². The molecule has 0 atom stereocenters. The molecular weight excluding hydrogens is 400 g/mol. The quantitative estimate of drug-likeness (QED) is 0.210. The number of fused-ring (bicyclic) bond motifs is 1. The zero-order chi connectivity index (χ0) is 23.2. The fraction of sp³-hybridized carbons (Fsp3) is 0.536. The summed E-state index contributed by atoms with van der Waals surface area (Å²) >= 11 is 0. The van der Waals surface area contributed by atoms with Crippen molar-refractivity contribution in [2.45, 2.75) is 97.3 Å². The van der Waals surface area contributed by atoms with Gasteiger partial charge in [0.15, 0.2) is 11.5 Å². The SMILES string of the molecule is CCCCCCCCCCC=CC1=C(OC(=O)CCCCC)C(=O)c2ccccc2C1=O. The second-order valence-corrected chi connectivity index (χ2v) is 8.54. The van der Waals surface area contributed by atoms with Crippen molar-refractivity contribution in [3.8, 4) is 0 Å². The second-order valence-electron chi connectivity index (χ2n) is 8.54. The van der Waals surface area contributed by atoms with Crippen molar-refractivity contribution in [1.82, 2.24) is 0 Å². The Bertz CT molecular complexity index is 832. The van der Waals surface area contributed by atoms with Crippen LogP contribution in [0.1, 0.15) is 118 Å². The molecule has 0 aromatic heterocycles. The van der Waals surface area contributed by atoms with Crippen molar-refractivity contribution in [3.63, 3.8) is 0 Å². The number of rotatable bonds is 15. The van der Waals surface area contributed by atoms with Crippen LogP contribution in [0.5, 0.6) is 0 Å². The van der Waals surface area contributed by atoms with Gasteiger partial charge in [0.1, 0.15) is 0 Å². The minimum atomic E-state index is -0.456. The number of ether oxygens (including phenoxy) is 1. The third kappa shape index (κ3) is 7.89. The molecule has 2 rings (SSSR count). The van der Waals surface area contributed by atoms with Crippen LogP contribution in [0, 0.1) is 0 Å². The van der Waals surface area contributed by atoms with Gasteiger partial charge in [0.25, 0.3) is 0 Å². The highest BCUT2D eigenvalue weighted by Crippen LogP contribution is 2.28. The standard InChI is InChI=1S/C28H38O4/c1-3-5-7-8-9-10-11-12-13-15-20-24-26(30)22-18-16-17-19-23(22)27(31)28(24)32-25(29)21-14-6-4-2/h15-20H,3-14,21H2,1-2H3. The summed E-state index contributed by atoms with van der Waals surface area (Å²) < 4.78 is 5.45. The number of esters is 1. The van der Waals surface area contributed by atoms with Crippen LogP contribution in [-0.4, -0.2) is 17.5 Å². The summed E-state index contributed by atoms with van der Waals surface area (Å²) in [6.07, 6.45) is 17.2. The minimum Gasteiger partial charge on any atom is -0.421 e. The highest BCUT2D eigenvalue weighted by atomic mass is 16.5. The Morgan fingerprint density at radius 3 is 2.00 bits per heavy atom. The Morgan fingerprint density at radius 2 is 1.34 bits per heavy atom. The van der Waals surface area contributed by atoms with Gasteiger partial charge in [-0.05, 0) is 19.3 Å². The van der Waals surface area contributed by atoms with Crippen molar-refractivity contribution in [2.24, 2.45) is 0 Å². The Morgan fingerprint density at radius 1 is 0.781 bits per heavy atom. The number of hydrogen-bond donors (Lipinski definition) is 0. The van der Waals surface area contributed by atoms with E-state index in [0.717, 1.165) is 32.1 Å². The van der Waals surface area contributed by atoms with Gasteiger partial charge in [0, 0.05) is 17.5 Å². The molecule has 0 amide bonds. The Balaban J connectivity index is 2.01. The summed E-state index contributed by atoms with van der Waals surface area (Å²) in [6.45, 7) is 4.29. The first kappa shape index (κ1) is 25.8. The molecule has 0 N–H and O–H groups in total. The fourth-order valence-corrected chi connectivity index (χ4v) is 3.91. The summed E-state index contributed by atoms with van der Waals surface area (Å²) in [5.74, 6) is -1.23. The summed E-state index contributed by atoms with van der Waals surface area (Å²) in [6, 6.07) is 6.73. The fourth-order valence-electron chi connectivity index (χ4n) is 3.91. The van der Waals surface area contributed by atoms with E-state index >= 15 is 0 Å². The predicted molar refractivity (Wildman–Crippen MR) is 129 cm³/mol. The molecule has 4 nitrogen and oxygen atoms in total. The van der Waals surface area contributed by atoms with E-state index in [-0.39, 0.29) is 23.5 Å². The molecule has 4 heteroatoms. The third-order valence-electron chi connectivity index (χ3n) is 5.82. The van der Waals surface area contributed by atoms with Crippen molar-refractivity contribution < 1.29 is 19.1 Å². The van der Waals surface area contributed by atoms with Gasteiger partial charge in [0.2, 0.25) is 5.78 Å². The molecule has 0 fully saturated rings. The summed E-state index contributed by atoms with van der Waals surface area (Å²) in [5, 5.41) is 0. The number of benzene rings is 1. The lowest BCUT2D eigenvalue weighted by Crippen LogP contribution is -2.24. The highest BCUT2D eigenvalue weighted by Gasteiger charge is 2.33. The van der Waals surface area contributed by atoms with E-state index in [9.17, 15) is 14.4 Å². The van der Waals surface area contributed by atoms with Gasteiger partial charge in [-0.3, -0.25) is 14.4 Å². The molecule has 174 valence electrons. The minimum absolute atomic E-state index is 0.123. The van der Waals surface area contributed by atoms with Crippen molar-refractivity contribution in [1.29, 1.82) is 0 Å². The number of ketones is 2. The maximum absolute atomic E-state index is 13.1. The van der Waals surface area contributed by atoms with Gasteiger partial charge < -0.3 is 4.74 Å². The van der Waals surface area contributed by atoms with Crippen LogP contribution >= 0.6 is 0 Å². The topological polar surface area (TPSA) is 60.4 Å². The van der Waals surface area contributed by atoms with Crippen LogP contribution < -0.4 is 0 Å². The second kappa shape index (κ2) is 14.5. The lowest BCUT2D eigenvalue weighted by molar-refractivity contribution is -0.139. The van der Waals surface area contributed by atoms with E-state index in [1.807, 2.05) is 6.08 Å². The third-order valence-corrected chi connectivity index (χ3v) is 5.82. The highest BCUT2D eigenvalue weighted by molar-refractivity contribution is 6.27. The number of carbonyl (C=O) groups excluding carboxylic acids is 3. The molecule has 0 heterocycles. The molecule has 0 unspecified atom stereocenters. The Kier molecular flexibility index (Phi) is 11.7. The van der Waals surface area contributed by atoms with E-state index in [1.54, 1.807) is 30.3 Å². The molecule has 1 aliphatic carbocycles. The summed E-state index contributed by atoms with van der Waals surface area (Å²) in [7, 11) is 0. The lowest BCUT2D eigenvalue weighted by atomic mass is 9.87. The van der Waals surface area contributed by atoms with Crippen LogP contribution in [0.2, 0.25) is 0 Å². The molecule has 0 spiro atoms. The smallest absolute Gasteiger partial charge is 0.311 e. The van der Waals surface area contributed by atoms with Crippen LogP contribution in [-0.2, 0) is 9.53 Å². The number of carbonyl (C=O) groups is 3. The predicted octanol–water partition coefficient (Wildman–Crippen LogP) is 7.53. The van der Waals surface area contributed by atoms with Crippen molar-refractivity contribution in [3.05, 3.63) is 58.9 Å². The van der Waals surface area contributed by atoms with E-state index in [4.69, 9.17) is 4.74 Å². The largest absolute Gasteiger partial charge is 0.421 e. The van der Waals surface area contributed by atoms with Crippen LogP contribution in [0.4, 0.5) is 0 Å². The first-order valence-electron chi connectivity index (χ1n) is 12.4.